The Morgan fingerprint density at radius 2 is 1.00 bits per heavy atom. The quantitative estimate of drug-likeness (QED) is 0.300. The van der Waals surface area contributed by atoms with E-state index in [1.807, 2.05) is 0 Å². The molecule has 0 fully saturated rings. The normalized spacial score (nSPS) is 0. The molecule has 4 heteroatoms. The Morgan fingerprint density at radius 3 is 1.00 bits per heavy atom. The van der Waals surface area contributed by atoms with E-state index in [-0.39, 0.29) is 73.2 Å². The van der Waals surface area contributed by atoms with Crippen molar-refractivity contribution in [3.05, 3.63) is 0 Å². The third-order valence-electron chi connectivity index (χ3n) is 0. The molecule has 4 heavy (non-hydrogen) atoms. The third kappa shape index (κ3) is 8.93. The van der Waals surface area contributed by atoms with Crippen LogP contribution in [-0.4, -0.2) is 17.4 Å². The fraction of sp³-hybridized carbons (Fsp3) is 0. The molecule has 0 aromatic carbocycles. The minimum absolute atomic E-state index is 0. The average Bonchev–Trinajstić information content (AvgIpc) is 0. The average molecular weight is 127 g/mol. The van der Waals surface area contributed by atoms with Crippen molar-refractivity contribution in [2.45, 2.75) is 0 Å². The molecule has 0 rings (SSSR count). The Kier molecular flexibility index (Phi) is 173. The molecule has 0 radical (unpaired) electrons. The summed E-state index contributed by atoms with van der Waals surface area (Å²) in [5, 5.41) is 0. The molecule has 0 atom stereocenters. The van der Waals surface area contributed by atoms with Gasteiger partial charge in [-0.3, -0.25) is 0 Å². The van der Waals surface area contributed by atoms with Gasteiger partial charge in [-0.05, 0) is 0 Å². The molecule has 0 spiro atoms. The molecule has 0 bridgehead atoms. The second-order valence-corrected chi connectivity index (χ2v) is 0. The van der Waals surface area contributed by atoms with E-state index in [4.69, 9.17) is 0 Å². The Labute approximate surface area is 72.4 Å². The summed E-state index contributed by atoms with van der Waals surface area (Å²) >= 11 is 0. The van der Waals surface area contributed by atoms with Crippen LogP contribution in [0.4, 0.5) is 0 Å². The van der Waals surface area contributed by atoms with Gasteiger partial charge in [0.1, 0.15) is 0 Å². The number of hydrogen-bond donors (Lipinski definition) is 0. The predicted molar refractivity (Wildman–Crippen MR) is 25.5 cm³/mol. The van der Waals surface area contributed by atoms with Crippen LogP contribution in [0.5, 0.6) is 0 Å². The van der Waals surface area contributed by atoms with Crippen molar-refractivity contribution in [3.8, 4) is 0 Å². The van der Waals surface area contributed by atoms with Gasteiger partial charge in [-0.1, -0.05) is 0 Å². The van der Waals surface area contributed by atoms with Crippen molar-refractivity contribution in [1.29, 1.82) is 0 Å². The van der Waals surface area contributed by atoms with Crippen LogP contribution >= 0.6 is 24.8 Å². The zero-order valence-electron chi connectivity index (χ0n) is 2.82. The van der Waals surface area contributed by atoms with Crippen molar-refractivity contribution in [2.75, 3.05) is 0 Å². The van der Waals surface area contributed by atoms with Gasteiger partial charge in [0, 0.05) is 0 Å². The van der Waals surface area contributed by atoms with Gasteiger partial charge in [0.25, 0.3) is 0 Å². The number of halogens is 2. The summed E-state index contributed by atoms with van der Waals surface area (Å²) in [6.07, 6.45) is 0. The van der Waals surface area contributed by atoms with Crippen molar-refractivity contribution in [1.82, 2.24) is 0 Å². The van der Waals surface area contributed by atoms with E-state index in [9.17, 15) is 0 Å². The first kappa shape index (κ1) is 35.8. The molecule has 0 saturated heterocycles. The van der Waals surface area contributed by atoms with E-state index in [0.717, 1.165) is 0 Å². The predicted octanol–water partition coefficient (Wildman–Crippen LogP) is -3.22. The molecule has 0 aromatic rings. The van der Waals surface area contributed by atoms with Crippen molar-refractivity contribution in [3.63, 3.8) is 0 Å². The van der Waals surface area contributed by atoms with Crippen molar-refractivity contribution in [2.24, 2.45) is 0 Å². The Bertz CT molecular complexity index is 9.61. The zero-order chi connectivity index (χ0) is 0. The first-order valence-electron chi connectivity index (χ1n) is 0. The van der Waals surface area contributed by atoms with Gasteiger partial charge in [0.05, 0.1) is 0 Å². The zero-order valence-corrected chi connectivity index (χ0v) is 5.45. The summed E-state index contributed by atoms with van der Waals surface area (Å²) in [6, 6.07) is 0. The first-order chi connectivity index (χ1) is 0. The maximum absolute atomic E-state index is 0. The third-order valence-corrected chi connectivity index (χ3v) is 0. The summed E-state index contributed by atoms with van der Waals surface area (Å²) in [4.78, 5) is 0. The molecule has 0 aromatic heterocycles. The molecule has 0 saturated carbocycles. The van der Waals surface area contributed by atoms with Gasteiger partial charge in [-0.2, -0.15) is 0 Å². The van der Waals surface area contributed by atoms with E-state index in [0.29, 0.717) is 0 Å². The summed E-state index contributed by atoms with van der Waals surface area (Å²) in [7, 11) is 0. The van der Waals surface area contributed by atoms with Crippen LogP contribution in [0.25, 0.3) is 0 Å². The van der Waals surface area contributed by atoms with E-state index in [2.05, 4.69) is 0 Å². The first-order valence-corrected chi connectivity index (χ1v) is 0. The van der Waals surface area contributed by atoms with E-state index >= 15 is 0 Å². The van der Waals surface area contributed by atoms with Crippen LogP contribution in [0, 0.1) is 0 Å². The van der Waals surface area contributed by atoms with Crippen LogP contribution in [0.15, 0.2) is 0 Å². The SMILES string of the molecule is Cl.Cl.[AlH3].[H-].[Na+]. The number of rotatable bonds is 0. The summed E-state index contributed by atoms with van der Waals surface area (Å²) < 4.78 is 0. The van der Waals surface area contributed by atoms with E-state index in [1.165, 1.54) is 0 Å². The Hall–Kier alpha value is 2.11. The molecule has 0 aliphatic heterocycles. The maximum Gasteiger partial charge on any atom is 1.00 e. The van der Waals surface area contributed by atoms with Gasteiger partial charge in [-0.15, -0.1) is 24.8 Å². The minimum atomic E-state index is 0. The summed E-state index contributed by atoms with van der Waals surface area (Å²) in [5.41, 5.74) is 0. The van der Waals surface area contributed by atoms with Gasteiger partial charge < -0.3 is 1.43 Å². The number of hydrogen-bond acceptors (Lipinski definition) is 0. The molecule has 0 aliphatic rings. The molecular weight excluding hydrogens is 121 g/mol. The minimum Gasteiger partial charge on any atom is -1.00 e. The summed E-state index contributed by atoms with van der Waals surface area (Å²) in [5.74, 6) is 0. The largest absolute Gasteiger partial charge is 1.00 e. The fourth-order valence-corrected chi connectivity index (χ4v) is 0. The Morgan fingerprint density at radius 1 is 1.00 bits per heavy atom. The van der Waals surface area contributed by atoms with Crippen LogP contribution in [0.3, 0.4) is 0 Å². The van der Waals surface area contributed by atoms with Gasteiger partial charge >= 0.3 is 29.6 Å². The Balaban J connectivity index is 0. The van der Waals surface area contributed by atoms with Crippen LogP contribution < -0.4 is 29.6 Å². The molecule has 0 nitrogen and oxygen atoms in total. The van der Waals surface area contributed by atoms with E-state index < -0.39 is 0 Å². The molecule has 0 unspecified atom stereocenters. The second kappa shape index (κ2) is 19.4. The molecule has 0 heterocycles. The summed E-state index contributed by atoms with van der Waals surface area (Å²) in [6.45, 7) is 0. The fourth-order valence-electron chi connectivity index (χ4n) is 0. The standard InChI is InChI=1S/Al.2ClH.Na.4H/h;2*1H;;;;;/q;;;+1;;;;-1. The molecule has 0 amide bonds. The molecule has 0 aliphatic carbocycles. The maximum atomic E-state index is 0. The van der Waals surface area contributed by atoms with Crippen molar-refractivity contribution >= 4 is 42.2 Å². The second-order valence-electron chi connectivity index (χ2n) is 0. The molecular formula is H6AlCl2Na. The smallest absolute Gasteiger partial charge is 1.00 e. The monoisotopic (exact) mass is 126 g/mol. The van der Waals surface area contributed by atoms with E-state index in [1.54, 1.807) is 0 Å². The van der Waals surface area contributed by atoms with Gasteiger partial charge in [0.15, 0.2) is 17.4 Å². The molecule has 0 N–H and O–H groups in total. The van der Waals surface area contributed by atoms with Crippen LogP contribution in [0.1, 0.15) is 1.43 Å². The van der Waals surface area contributed by atoms with Crippen LogP contribution in [-0.2, 0) is 0 Å². The van der Waals surface area contributed by atoms with Crippen LogP contribution in [0.2, 0.25) is 0 Å². The van der Waals surface area contributed by atoms with Crippen molar-refractivity contribution < 1.29 is 31.0 Å². The van der Waals surface area contributed by atoms with Gasteiger partial charge in [0.2, 0.25) is 0 Å². The molecule has 24 valence electrons. The van der Waals surface area contributed by atoms with Gasteiger partial charge in [-0.25, -0.2) is 0 Å². The topological polar surface area (TPSA) is 0 Å².